The van der Waals surface area contributed by atoms with Crippen LogP contribution in [0.2, 0.25) is 0 Å². The van der Waals surface area contributed by atoms with Crippen LogP contribution in [0.5, 0.6) is 0 Å². The van der Waals surface area contributed by atoms with Gasteiger partial charge in [-0.05, 0) is 31.0 Å². The molecule has 0 radical (unpaired) electrons. The molecular weight excluding hydrogens is 302 g/mol. The van der Waals surface area contributed by atoms with E-state index < -0.39 is 0 Å². The molecule has 0 atom stereocenters. The van der Waals surface area contributed by atoms with Gasteiger partial charge in [0.2, 0.25) is 5.91 Å². The lowest BCUT2D eigenvalue weighted by molar-refractivity contribution is -0.116. The van der Waals surface area contributed by atoms with Crippen LogP contribution in [0.3, 0.4) is 0 Å². The van der Waals surface area contributed by atoms with E-state index in [-0.39, 0.29) is 11.8 Å². The highest BCUT2D eigenvalue weighted by atomic mass is 16.2. The van der Waals surface area contributed by atoms with Gasteiger partial charge in [0.15, 0.2) is 0 Å². The second-order valence-electron chi connectivity index (χ2n) is 5.63. The number of anilines is 1. The van der Waals surface area contributed by atoms with E-state index in [0.29, 0.717) is 37.2 Å². The van der Waals surface area contributed by atoms with E-state index in [1.165, 1.54) is 5.56 Å². The highest BCUT2D eigenvalue weighted by Gasteiger charge is 2.12. The molecule has 0 saturated heterocycles. The Hall–Kier alpha value is -2.66. The normalized spacial score (nSPS) is 10.2. The minimum Gasteiger partial charge on any atom is -0.351 e. The molecule has 5 heteroatoms. The van der Waals surface area contributed by atoms with Gasteiger partial charge in [-0.3, -0.25) is 9.59 Å². The van der Waals surface area contributed by atoms with E-state index in [2.05, 4.69) is 16.7 Å². The Morgan fingerprint density at radius 3 is 2.62 bits per heavy atom. The van der Waals surface area contributed by atoms with Crippen LogP contribution in [0.1, 0.15) is 27.9 Å². The third-order valence-electron chi connectivity index (χ3n) is 3.60. The number of nitrogens with two attached hydrogens (primary N) is 1. The van der Waals surface area contributed by atoms with Crippen LogP contribution in [0.15, 0.2) is 48.5 Å². The Labute approximate surface area is 142 Å². The van der Waals surface area contributed by atoms with Gasteiger partial charge in [0.1, 0.15) is 0 Å². The first kappa shape index (κ1) is 17.7. The van der Waals surface area contributed by atoms with Crippen LogP contribution in [-0.4, -0.2) is 24.9 Å². The molecule has 2 amide bonds. The highest BCUT2D eigenvalue weighted by Crippen LogP contribution is 2.16. The largest absolute Gasteiger partial charge is 0.351 e. The van der Waals surface area contributed by atoms with Gasteiger partial charge in [0.05, 0.1) is 11.3 Å². The summed E-state index contributed by atoms with van der Waals surface area (Å²) in [6, 6.07) is 15.1. The fourth-order valence-electron chi connectivity index (χ4n) is 2.41. The molecule has 2 aromatic rings. The summed E-state index contributed by atoms with van der Waals surface area (Å²) in [5.41, 5.74) is 8.65. The van der Waals surface area contributed by atoms with Crippen molar-refractivity contribution >= 4 is 17.5 Å². The second kappa shape index (κ2) is 8.84. The first-order valence-electron chi connectivity index (χ1n) is 8.03. The molecule has 0 heterocycles. The number of nitrogens with one attached hydrogen (secondary N) is 2. The molecule has 2 aromatic carbocycles. The highest BCUT2D eigenvalue weighted by molar-refractivity contribution is 6.03. The zero-order chi connectivity index (χ0) is 17.4. The van der Waals surface area contributed by atoms with E-state index >= 15 is 0 Å². The molecule has 0 aliphatic rings. The van der Waals surface area contributed by atoms with E-state index in [4.69, 9.17) is 5.73 Å². The van der Waals surface area contributed by atoms with Crippen molar-refractivity contribution in [1.82, 2.24) is 5.32 Å². The first-order chi connectivity index (χ1) is 11.6. The molecule has 2 rings (SSSR count). The molecule has 0 fully saturated rings. The summed E-state index contributed by atoms with van der Waals surface area (Å²) in [5.74, 6) is -0.356. The predicted octanol–water partition coefficient (Wildman–Crippen LogP) is 2.25. The molecule has 0 saturated carbocycles. The van der Waals surface area contributed by atoms with Crippen molar-refractivity contribution in [1.29, 1.82) is 0 Å². The maximum absolute atomic E-state index is 12.2. The molecule has 4 N–H and O–H groups in total. The van der Waals surface area contributed by atoms with E-state index in [1.807, 2.05) is 25.1 Å². The van der Waals surface area contributed by atoms with Gasteiger partial charge in [-0.15, -0.1) is 0 Å². The summed E-state index contributed by atoms with van der Waals surface area (Å²) in [7, 11) is 0. The van der Waals surface area contributed by atoms with Gasteiger partial charge in [0, 0.05) is 19.5 Å². The molecular formula is C19H23N3O2. The Balaban J connectivity index is 1.97. The molecule has 0 aliphatic carbocycles. The third kappa shape index (κ3) is 5.21. The standard InChI is InChI=1S/C19H23N3O2/c1-14-5-4-6-15(13-14)9-10-18(23)22-17-8-3-2-7-16(17)19(24)21-12-11-20/h2-8,13H,9-12,20H2,1H3,(H,21,24)(H,22,23). The van der Waals surface area contributed by atoms with Crippen LogP contribution in [0.4, 0.5) is 5.69 Å². The van der Waals surface area contributed by atoms with Crippen molar-refractivity contribution < 1.29 is 9.59 Å². The Bertz CT molecular complexity index is 713. The van der Waals surface area contributed by atoms with Crippen LogP contribution in [0.25, 0.3) is 0 Å². The fourth-order valence-corrected chi connectivity index (χ4v) is 2.41. The lowest BCUT2D eigenvalue weighted by atomic mass is 10.1. The topological polar surface area (TPSA) is 84.2 Å². The molecule has 0 unspecified atom stereocenters. The summed E-state index contributed by atoms with van der Waals surface area (Å²) in [6.45, 7) is 2.80. The lowest BCUT2D eigenvalue weighted by Gasteiger charge is -2.11. The first-order valence-corrected chi connectivity index (χ1v) is 8.03. The average molecular weight is 325 g/mol. The molecule has 0 aliphatic heterocycles. The minimum atomic E-state index is -0.241. The third-order valence-corrected chi connectivity index (χ3v) is 3.60. The van der Waals surface area contributed by atoms with Gasteiger partial charge in [-0.2, -0.15) is 0 Å². The zero-order valence-corrected chi connectivity index (χ0v) is 13.8. The van der Waals surface area contributed by atoms with Crippen LogP contribution in [-0.2, 0) is 11.2 Å². The van der Waals surface area contributed by atoms with E-state index in [1.54, 1.807) is 24.3 Å². The van der Waals surface area contributed by atoms with Crippen molar-refractivity contribution in [3.63, 3.8) is 0 Å². The summed E-state index contributed by atoms with van der Waals surface area (Å²) in [6.07, 6.45) is 1.03. The zero-order valence-electron chi connectivity index (χ0n) is 13.8. The molecule has 126 valence electrons. The molecule has 24 heavy (non-hydrogen) atoms. The number of benzene rings is 2. The van der Waals surface area contributed by atoms with Crippen molar-refractivity contribution in [2.45, 2.75) is 19.8 Å². The number of para-hydroxylation sites is 1. The van der Waals surface area contributed by atoms with E-state index in [0.717, 1.165) is 5.56 Å². The maximum atomic E-state index is 12.2. The number of aryl methyl sites for hydroxylation is 2. The quantitative estimate of drug-likeness (QED) is 0.730. The monoisotopic (exact) mass is 325 g/mol. The van der Waals surface area contributed by atoms with Crippen LogP contribution >= 0.6 is 0 Å². The average Bonchev–Trinajstić information content (AvgIpc) is 2.58. The van der Waals surface area contributed by atoms with Crippen molar-refractivity contribution in [3.05, 3.63) is 65.2 Å². The maximum Gasteiger partial charge on any atom is 0.253 e. The lowest BCUT2D eigenvalue weighted by Crippen LogP contribution is -2.30. The predicted molar refractivity (Wildman–Crippen MR) is 96.0 cm³/mol. The van der Waals surface area contributed by atoms with Crippen LogP contribution < -0.4 is 16.4 Å². The molecule has 0 bridgehead atoms. The molecule has 0 aromatic heterocycles. The Kier molecular flexibility index (Phi) is 6.51. The number of carbonyl (C=O) groups is 2. The number of rotatable bonds is 7. The van der Waals surface area contributed by atoms with Crippen LogP contribution in [0, 0.1) is 6.92 Å². The number of carbonyl (C=O) groups excluding carboxylic acids is 2. The summed E-state index contributed by atoms with van der Waals surface area (Å²) >= 11 is 0. The number of hydrogen-bond acceptors (Lipinski definition) is 3. The summed E-state index contributed by atoms with van der Waals surface area (Å²) in [4.78, 5) is 24.3. The number of hydrogen-bond donors (Lipinski definition) is 3. The summed E-state index contributed by atoms with van der Waals surface area (Å²) < 4.78 is 0. The van der Waals surface area contributed by atoms with Crippen molar-refractivity contribution in [2.75, 3.05) is 18.4 Å². The second-order valence-corrected chi connectivity index (χ2v) is 5.63. The minimum absolute atomic E-state index is 0.115. The Morgan fingerprint density at radius 1 is 1.08 bits per heavy atom. The van der Waals surface area contributed by atoms with Crippen molar-refractivity contribution in [3.8, 4) is 0 Å². The SMILES string of the molecule is Cc1cccc(CCC(=O)Nc2ccccc2C(=O)NCCN)c1. The molecule has 0 spiro atoms. The Morgan fingerprint density at radius 2 is 1.88 bits per heavy atom. The van der Waals surface area contributed by atoms with Gasteiger partial charge in [-0.1, -0.05) is 42.0 Å². The van der Waals surface area contributed by atoms with Crippen molar-refractivity contribution in [2.24, 2.45) is 5.73 Å². The van der Waals surface area contributed by atoms with Gasteiger partial charge in [-0.25, -0.2) is 0 Å². The van der Waals surface area contributed by atoms with Gasteiger partial charge in [0.25, 0.3) is 5.91 Å². The van der Waals surface area contributed by atoms with Gasteiger partial charge < -0.3 is 16.4 Å². The molecule has 5 nitrogen and oxygen atoms in total. The summed E-state index contributed by atoms with van der Waals surface area (Å²) in [5, 5.41) is 5.53. The number of amides is 2. The van der Waals surface area contributed by atoms with Gasteiger partial charge >= 0.3 is 0 Å². The van der Waals surface area contributed by atoms with E-state index in [9.17, 15) is 9.59 Å². The smallest absolute Gasteiger partial charge is 0.253 e. The fraction of sp³-hybridized carbons (Fsp3) is 0.263.